The van der Waals surface area contributed by atoms with E-state index < -0.39 is 0 Å². The predicted octanol–water partition coefficient (Wildman–Crippen LogP) is 5.33. The minimum absolute atomic E-state index is 0.772. The Morgan fingerprint density at radius 2 is 1.85 bits per heavy atom. The molecule has 0 fully saturated rings. The fraction of sp³-hybridized carbons (Fsp3) is 0.304. The van der Waals surface area contributed by atoms with Gasteiger partial charge in [0.05, 0.1) is 10.5 Å². The first-order chi connectivity index (χ1) is 12.8. The number of para-hydroxylation sites is 1. The largest absolute Gasteiger partial charge is 0.359 e. The van der Waals surface area contributed by atoms with E-state index in [1.807, 2.05) is 12.1 Å². The molecule has 0 unspecified atom stereocenters. The van der Waals surface area contributed by atoms with Gasteiger partial charge in [0.25, 0.3) is 0 Å². The zero-order valence-electron chi connectivity index (χ0n) is 14.8. The summed E-state index contributed by atoms with van der Waals surface area (Å²) in [5, 5.41) is 2.04. The molecular formula is C23H23ClN2. The van der Waals surface area contributed by atoms with Crippen molar-refractivity contribution in [2.75, 3.05) is 19.6 Å². The molecule has 1 aliphatic heterocycles. The maximum Gasteiger partial charge on any atom is 0.0649 e. The van der Waals surface area contributed by atoms with E-state index in [0.717, 1.165) is 36.0 Å². The Bertz CT molecular complexity index is 960. The highest BCUT2D eigenvalue weighted by Gasteiger charge is 2.24. The summed E-state index contributed by atoms with van der Waals surface area (Å²) in [4.78, 5) is 5.96. The number of aromatic amines is 1. The topological polar surface area (TPSA) is 19.0 Å². The molecule has 3 aromatic rings. The molecular weight excluding hydrogens is 340 g/mol. The van der Waals surface area contributed by atoms with Gasteiger partial charge in [-0.25, -0.2) is 0 Å². The number of hydrogen-bond donors (Lipinski definition) is 1. The van der Waals surface area contributed by atoms with E-state index in [4.69, 9.17) is 11.6 Å². The number of nitrogens with one attached hydrogen (secondary N) is 1. The van der Waals surface area contributed by atoms with E-state index in [2.05, 4.69) is 52.5 Å². The van der Waals surface area contributed by atoms with E-state index in [9.17, 15) is 0 Å². The van der Waals surface area contributed by atoms with Crippen LogP contribution in [-0.4, -0.2) is 29.5 Å². The Morgan fingerprint density at radius 3 is 2.58 bits per heavy atom. The van der Waals surface area contributed by atoms with Gasteiger partial charge in [0.15, 0.2) is 0 Å². The first-order valence-corrected chi connectivity index (χ1v) is 9.90. The maximum absolute atomic E-state index is 6.31. The van der Waals surface area contributed by atoms with Crippen molar-refractivity contribution in [3.8, 4) is 0 Å². The van der Waals surface area contributed by atoms with Crippen molar-refractivity contribution in [3.63, 3.8) is 0 Å². The second-order valence-corrected chi connectivity index (χ2v) is 8.05. The van der Waals surface area contributed by atoms with Crippen LogP contribution in [0.4, 0.5) is 0 Å². The summed E-state index contributed by atoms with van der Waals surface area (Å²) in [6, 6.07) is 15.1. The molecule has 0 bridgehead atoms. The first kappa shape index (κ1) is 16.2. The van der Waals surface area contributed by atoms with E-state index in [1.165, 1.54) is 35.9 Å². The van der Waals surface area contributed by atoms with Gasteiger partial charge in [0, 0.05) is 36.8 Å². The minimum atomic E-state index is 0.772. The monoisotopic (exact) mass is 362 g/mol. The molecule has 132 valence electrons. The van der Waals surface area contributed by atoms with Crippen molar-refractivity contribution in [3.05, 3.63) is 76.5 Å². The second-order valence-electron chi connectivity index (χ2n) is 7.65. The number of aromatic nitrogens is 1. The number of nitrogens with zero attached hydrogens (tertiary/aromatic N) is 1. The summed E-state index contributed by atoms with van der Waals surface area (Å²) in [6.07, 6.45) is 8.12. The summed E-state index contributed by atoms with van der Waals surface area (Å²) in [5.74, 6) is 0.772. The molecule has 0 atom stereocenters. The zero-order valence-corrected chi connectivity index (χ0v) is 15.6. The summed E-state index contributed by atoms with van der Waals surface area (Å²) in [7, 11) is 0. The zero-order chi connectivity index (χ0) is 17.5. The van der Waals surface area contributed by atoms with E-state index in [0.29, 0.717) is 0 Å². The van der Waals surface area contributed by atoms with Crippen molar-refractivity contribution < 1.29 is 0 Å². The fourth-order valence-electron chi connectivity index (χ4n) is 4.65. The number of hydrogen-bond acceptors (Lipinski definition) is 1. The Labute approximate surface area is 159 Å². The molecule has 0 amide bonds. The summed E-state index contributed by atoms with van der Waals surface area (Å²) >= 11 is 6.31. The van der Waals surface area contributed by atoms with E-state index in [1.54, 1.807) is 11.1 Å². The average molecular weight is 363 g/mol. The third-order valence-corrected chi connectivity index (χ3v) is 6.27. The third-order valence-electron chi connectivity index (χ3n) is 5.96. The van der Waals surface area contributed by atoms with Crippen LogP contribution in [0.25, 0.3) is 16.5 Å². The minimum Gasteiger partial charge on any atom is -0.359 e. The molecule has 3 heteroatoms. The number of benzene rings is 2. The summed E-state index contributed by atoms with van der Waals surface area (Å²) in [6.45, 7) is 3.40. The van der Waals surface area contributed by atoms with Crippen LogP contribution < -0.4 is 0 Å². The molecule has 0 saturated heterocycles. The van der Waals surface area contributed by atoms with Gasteiger partial charge < -0.3 is 4.98 Å². The van der Waals surface area contributed by atoms with Crippen LogP contribution in [0.2, 0.25) is 5.02 Å². The van der Waals surface area contributed by atoms with Crippen LogP contribution in [0.5, 0.6) is 0 Å². The van der Waals surface area contributed by atoms with E-state index >= 15 is 0 Å². The highest BCUT2D eigenvalue weighted by molar-refractivity contribution is 6.35. The average Bonchev–Trinajstić information content (AvgIpc) is 3.27. The number of rotatable bonds is 3. The Kier molecular flexibility index (Phi) is 4.11. The second kappa shape index (κ2) is 6.61. The quantitative estimate of drug-likeness (QED) is 0.667. The predicted molar refractivity (Wildman–Crippen MR) is 110 cm³/mol. The number of fused-ring (bicyclic) bond motifs is 2. The van der Waals surface area contributed by atoms with Gasteiger partial charge in [-0.1, -0.05) is 54.1 Å². The molecule has 1 aromatic heterocycles. The van der Waals surface area contributed by atoms with Gasteiger partial charge in [0.1, 0.15) is 0 Å². The lowest BCUT2D eigenvalue weighted by Crippen LogP contribution is -2.33. The maximum atomic E-state index is 6.31. The van der Waals surface area contributed by atoms with Crippen LogP contribution in [0.15, 0.2) is 54.7 Å². The van der Waals surface area contributed by atoms with Crippen LogP contribution in [0.1, 0.15) is 23.1 Å². The molecule has 0 spiro atoms. The lowest BCUT2D eigenvalue weighted by Gasteiger charge is -2.28. The smallest absolute Gasteiger partial charge is 0.0649 e. The summed E-state index contributed by atoms with van der Waals surface area (Å²) < 4.78 is 0. The van der Waals surface area contributed by atoms with E-state index in [-0.39, 0.29) is 0 Å². The fourth-order valence-corrected chi connectivity index (χ4v) is 4.88. The lowest BCUT2D eigenvalue weighted by atomic mass is 9.97. The van der Waals surface area contributed by atoms with Crippen molar-refractivity contribution in [2.24, 2.45) is 5.92 Å². The molecule has 1 aliphatic carbocycles. The highest BCUT2D eigenvalue weighted by Crippen LogP contribution is 2.33. The normalized spacial score (nSPS) is 18.3. The molecule has 2 aromatic carbocycles. The van der Waals surface area contributed by atoms with Crippen LogP contribution >= 0.6 is 11.6 Å². The van der Waals surface area contributed by atoms with Gasteiger partial charge in [-0.05, 0) is 47.9 Å². The van der Waals surface area contributed by atoms with Gasteiger partial charge in [-0.2, -0.15) is 0 Å². The van der Waals surface area contributed by atoms with Crippen LogP contribution in [-0.2, 0) is 12.8 Å². The van der Waals surface area contributed by atoms with Crippen molar-refractivity contribution in [1.82, 2.24) is 9.88 Å². The molecule has 2 nitrogen and oxygen atoms in total. The highest BCUT2D eigenvalue weighted by atomic mass is 35.5. The van der Waals surface area contributed by atoms with Crippen LogP contribution in [0.3, 0.4) is 0 Å². The molecule has 26 heavy (non-hydrogen) atoms. The van der Waals surface area contributed by atoms with Gasteiger partial charge >= 0.3 is 0 Å². The number of H-pyrrole nitrogens is 1. The van der Waals surface area contributed by atoms with Gasteiger partial charge in [-0.15, -0.1) is 0 Å². The third kappa shape index (κ3) is 2.87. The standard InChI is InChI=1S/C23H23ClN2/c24-22-7-3-6-20-21(14-25-23(20)22)17-8-10-26(11-9-17)15-16-12-18-4-1-2-5-19(18)13-16/h1-8,14,16,25H,9-13,15H2. The molecule has 5 rings (SSSR count). The first-order valence-electron chi connectivity index (χ1n) is 9.52. The van der Waals surface area contributed by atoms with Crippen LogP contribution in [0, 0.1) is 5.92 Å². The number of halogens is 1. The Morgan fingerprint density at radius 1 is 1.04 bits per heavy atom. The van der Waals surface area contributed by atoms with Gasteiger partial charge in [-0.3, -0.25) is 4.90 Å². The van der Waals surface area contributed by atoms with Gasteiger partial charge in [0.2, 0.25) is 0 Å². The lowest BCUT2D eigenvalue weighted by molar-refractivity contribution is 0.255. The summed E-state index contributed by atoms with van der Waals surface area (Å²) in [5.41, 5.74) is 6.93. The molecule has 2 heterocycles. The molecule has 0 radical (unpaired) electrons. The Hall–Kier alpha value is -2.03. The molecule has 0 saturated carbocycles. The van der Waals surface area contributed by atoms with Crippen molar-refractivity contribution in [1.29, 1.82) is 0 Å². The van der Waals surface area contributed by atoms with Crippen molar-refractivity contribution in [2.45, 2.75) is 19.3 Å². The molecule has 2 aliphatic rings. The SMILES string of the molecule is Clc1cccc2c(C3=CCN(CC4Cc5ccccc5C4)CC3)c[nH]c12. The van der Waals surface area contributed by atoms with Crippen molar-refractivity contribution >= 4 is 28.1 Å². The Balaban J connectivity index is 1.28. The molecule has 1 N–H and O–H groups in total.